The lowest BCUT2D eigenvalue weighted by atomic mass is 10.1. The molecule has 0 fully saturated rings. The van der Waals surface area contributed by atoms with Gasteiger partial charge in [-0.05, 0) is 19.9 Å². The fraction of sp³-hybridized carbons (Fsp3) is 1.00. The molecule has 0 spiro atoms. The van der Waals surface area contributed by atoms with Gasteiger partial charge in [0.05, 0.1) is 25.4 Å². The van der Waals surface area contributed by atoms with Gasteiger partial charge < -0.3 is 14.8 Å². The Kier molecular flexibility index (Phi) is 7.23. The van der Waals surface area contributed by atoms with Crippen molar-refractivity contribution in [3.8, 4) is 0 Å². The summed E-state index contributed by atoms with van der Waals surface area (Å²) in [5, 5.41) is 3.15. The number of methoxy groups -OCH3 is 1. The zero-order valence-electron chi connectivity index (χ0n) is 9.46. The Bertz CT molecular complexity index is 117. The summed E-state index contributed by atoms with van der Waals surface area (Å²) < 4.78 is 10.7. The van der Waals surface area contributed by atoms with Gasteiger partial charge in [-0.3, -0.25) is 0 Å². The van der Waals surface area contributed by atoms with Gasteiger partial charge >= 0.3 is 0 Å². The number of hydrogen-bond acceptors (Lipinski definition) is 3. The molecule has 0 aromatic heterocycles. The summed E-state index contributed by atoms with van der Waals surface area (Å²) in [4.78, 5) is 0. The Morgan fingerprint density at radius 2 is 1.77 bits per heavy atom. The number of hydrogen-bond donors (Lipinski definition) is 1. The van der Waals surface area contributed by atoms with Crippen molar-refractivity contribution in [3.05, 3.63) is 0 Å². The van der Waals surface area contributed by atoms with Gasteiger partial charge in [-0.2, -0.15) is 0 Å². The Labute approximate surface area is 81.8 Å². The van der Waals surface area contributed by atoms with Crippen molar-refractivity contribution in [3.63, 3.8) is 0 Å². The van der Waals surface area contributed by atoms with E-state index in [-0.39, 0.29) is 0 Å². The summed E-state index contributed by atoms with van der Waals surface area (Å²) in [6, 6.07) is 0.297. The van der Waals surface area contributed by atoms with Gasteiger partial charge in [0.15, 0.2) is 0 Å². The van der Waals surface area contributed by atoms with Crippen molar-refractivity contribution < 1.29 is 9.47 Å². The van der Waals surface area contributed by atoms with Crippen LogP contribution in [0.4, 0.5) is 0 Å². The van der Waals surface area contributed by atoms with E-state index in [1.54, 1.807) is 7.11 Å². The molecule has 13 heavy (non-hydrogen) atoms. The van der Waals surface area contributed by atoms with Crippen LogP contribution in [0.3, 0.4) is 0 Å². The number of rotatable bonds is 7. The molecule has 0 aliphatic carbocycles. The third-order valence-corrected chi connectivity index (χ3v) is 2.28. The Hall–Kier alpha value is -0.120. The number of likely N-dealkylation sites (N-methyl/N-ethyl adjacent to an activating group) is 1. The molecule has 3 heteroatoms. The minimum absolute atomic E-state index is 0.297. The average molecular weight is 189 g/mol. The molecule has 0 saturated heterocycles. The molecule has 0 aromatic rings. The van der Waals surface area contributed by atoms with Gasteiger partial charge in [-0.15, -0.1) is 0 Å². The predicted molar refractivity (Wildman–Crippen MR) is 55.0 cm³/mol. The van der Waals surface area contributed by atoms with E-state index >= 15 is 0 Å². The SMILES string of the molecule is CNC(COC)COC(C)C(C)C. The normalized spacial score (nSPS) is 16.2. The molecule has 0 amide bonds. The highest BCUT2D eigenvalue weighted by molar-refractivity contribution is 4.64. The molecule has 0 radical (unpaired) electrons. The minimum atomic E-state index is 0.297. The summed E-state index contributed by atoms with van der Waals surface area (Å²) >= 11 is 0. The van der Waals surface area contributed by atoms with Crippen LogP contribution in [0.5, 0.6) is 0 Å². The number of ether oxygens (including phenoxy) is 2. The first-order chi connectivity index (χ1) is 6.11. The van der Waals surface area contributed by atoms with Gasteiger partial charge in [0.2, 0.25) is 0 Å². The van der Waals surface area contributed by atoms with Crippen molar-refractivity contribution in [2.45, 2.75) is 32.9 Å². The monoisotopic (exact) mass is 189 g/mol. The third-order valence-electron chi connectivity index (χ3n) is 2.28. The predicted octanol–water partition coefficient (Wildman–Crippen LogP) is 1.28. The molecule has 2 unspecified atom stereocenters. The summed E-state index contributed by atoms with van der Waals surface area (Å²) in [5.74, 6) is 0.569. The van der Waals surface area contributed by atoms with Crippen LogP contribution in [-0.2, 0) is 9.47 Å². The van der Waals surface area contributed by atoms with Crippen LogP contribution in [0.1, 0.15) is 20.8 Å². The summed E-state index contributed by atoms with van der Waals surface area (Å²) in [5.41, 5.74) is 0. The molecular formula is C10H23NO2. The van der Waals surface area contributed by atoms with Crippen molar-refractivity contribution in [1.29, 1.82) is 0 Å². The lowest BCUT2D eigenvalue weighted by molar-refractivity contribution is 0.00946. The van der Waals surface area contributed by atoms with Crippen molar-refractivity contribution in [2.75, 3.05) is 27.4 Å². The summed E-state index contributed by atoms with van der Waals surface area (Å²) in [6.07, 6.45) is 0.313. The Morgan fingerprint density at radius 3 is 2.15 bits per heavy atom. The summed E-state index contributed by atoms with van der Waals surface area (Å²) in [6.45, 7) is 7.83. The zero-order chi connectivity index (χ0) is 10.3. The van der Waals surface area contributed by atoms with Crippen LogP contribution < -0.4 is 5.32 Å². The summed E-state index contributed by atoms with van der Waals surface area (Å²) in [7, 11) is 3.63. The lowest BCUT2D eigenvalue weighted by Crippen LogP contribution is -2.36. The van der Waals surface area contributed by atoms with Crippen molar-refractivity contribution in [2.24, 2.45) is 5.92 Å². The molecule has 0 heterocycles. The maximum Gasteiger partial charge on any atom is 0.0645 e. The van der Waals surface area contributed by atoms with E-state index in [1.165, 1.54) is 0 Å². The maximum atomic E-state index is 5.67. The van der Waals surface area contributed by atoms with Crippen LogP contribution in [0, 0.1) is 5.92 Å². The van der Waals surface area contributed by atoms with E-state index in [1.807, 2.05) is 7.05 Å². The lowest BCUT2D eigenvalue weighted by Gasteiger charge is -2.21. The molecule has 0 aliphatic rings. The minimum Gasteiger partial charge on any atom is -0.383 e. The van der Waals surface area contributed by atoms with Gasteiger partial charge in [0, 0.05) is 7.11 Å². The molecule has 0 bridgehead atoms. The molecule has 1 N–H and O–H groups in total. The van der Waals surface area contributed by atoms with Gasteiger partial charge in [-0.1, -0.05) is 13.8 Å². The van der Waals surface area contributed by atoms with E-state index in [0.29, 0.717) is 31.3 Å². The van der Waals surface area contributed by atoms with Crippen LogP contribution in [0.15, 0.2) is 0 Å². The highest BCUT2D eigenvalue weighted by atomic mass is 16.5. The quantitative estimate of drug-likeness (QED) is 0.654. The standard InChI is InChI=1S/C10H23NO2/c1-8(2)9(3)13-7-10(11-4)6-12-5/h8-11H,6-7H2,1-5H3. The second-order valence-electron chi connectivity index (χ2n) is 3.72. The zero-order valence-corrected chi connectivity index (χ0v) is 9.46. The largest absolute Gasteiger partial charge is 0.383 e. The van der Waals surface area contributed by atoms with Crippen LogP contribution in [-0.4, -0.2) is 39.5 Å². The average Bonchev–Trinajstić information content (AvgIpc) is 2.11. The Morgan fingerprint density at radius 1 is 1.15 bits per heavy atom. The molecule has 0 saturated carbocycles. The van der Waals surface area contributed by atoms with Gasteiger partial charge in [-0.25, -0.2) is 0 Å². The third kappa shape index (κ3) is 6.02. The van der Waals surface area contributed by atoms with Crippen LogP contribution in [0.25, 0.3) is 0 Å². The van der Waals surface area contributed by atoms with Crippen molar-refractivity contribution >= 4 is 0 Å². The molecule has 2 atom stereocenters. The topological polar surface area (TPSA) is 30.5 Å². The van der Waals surface area contributed by atoms with Crippen molar-refractivity contribution in [1.82, 2.24) is 5.32 Å². The Balaban J connectivity index is 3.58. The van der Waals surface area contributed by atoms with E-state index in [4.69, 9.17) is 9.47 Å². The molecular weight excluding hydrogens is 166 g/mol. The fourth-order valence-electron chi connectivity index (χ4n) is 0.876. The van der Waals surface area contributed by atoms with E-state index in [2.05, 4.69) is 26.1 Å². The second kappa shape index (κ2) is 7.30. The van der Waals surface area contributed by atoms with Crippen LogP contribution >= 0.6 is 0 Å². The van der Waals surface area contributed by atoms with Crippen LogP contribution in [0.2, 0.25) is 0 Å². The van der Waals surface area contributed by atoms with E-state index in [0.717, 1.165) is 0 Å². The van der Waals surface area contributed by atoms with E-state index in [9.17, 15) is 0 Å². The smallest absolute Gasteiger partial charge is 0.0645 e. The molecule has 3 nitrogen and oxygen atoms in total. The molecule has 0 aliphatic heterocycles. The molecule has 0 rings (SSSR count). The first-order valence-corrected chi connectivity index (χ1v) is 4.89. The molecule has 80 valence electrons. The first-order valence-electron chi connectivity index (χ1n) is 4.89. The second-order valence-corrected chi connectivity index (χ2v) is 3.72. The highest BCUT2D eigenvalue weighted by Crippen LogP contribution is 2.05. The molecule has 0 aromatic carbocycles. The fourth-order valence-corrected chi connectivity index (χ4v) is 0.876. The highest BCUT2D eigenvalue weighted by Gasteiger charge is 2.11. The van der Waals surface area contributed by atoms with Gasteiger partial charge in [0.1, 0.15) is 0 Å². The maximum absolute atomic E-state index is 5.67. The van der Waals surface area contributed by atoms with E-state index < -0.39 is 0 Å². The first kappa shape index (κ1) is 12.9. The van der Waals surface area contributed by atoms with Gasteiger partial charge in [0.25, 0.3) is 0 Å². The number of nitrogens with one attached hydrogen (secondary N) is 1.